The summed E-state index contributed by atoms with van der Waals surface area (Å²) in [6, 6.07) is 7.15. The maximum absolute atomic E-state index is 12.3. The van der Waals surface area contributed by atoms with Gasteiger partial charge < -0.3 is 9.47 Å². The van der Waals surface area contributed by atoms with Crippen molar-refractivity contribution in [3.05, 3.63) is 24.3 Å². The number of methoxy groups -OCH3 is 1. The molecule has 21 heavy (non-hydrogen) atoms. The molecule has 1 amide bonds. The normalized spacial score (nSPS) is 10.6. The number of imidazole rings is 1. The predicted molar refractivity (Wildman–Crippen MR) is 77.5 cm³/mol. The van der Waals surface area contributed by atoms with Gasteiger partial charge in [0.05, 0.1) is 31.2 Å². The summed E-state index contributed by atoms with van der Waals surface area (Å²) >= 11 is 0. The van der Waals surface area contributed by atoms with E-state index in [2.05, 4.69) is 15.0 Å². The van der Waals surface area contributed by atoms with Gasteiger partial charge in [-0.05, 0) is 19.1 Å². The highest BCUT2D eigenvalue weighted by Crippen LogP contribution is 2.20. The maximum atomic E-state index is 12.3. The summed E-state index contributed by atoms with van der Waals surface area (Å²) in [5, 5.41) is 2.45. The number of ether oxygens (including phenoxy) is 2. The van der Waals surface area contributed by atoms with Crippen LogP contribution in [0.15, 0.2) is 24.3 Å². The van der Waals surface area contributed by atoms with Crippen LogP contribution < -0.4 is 5.32 Å². The van der Waals surface area contributed by atoms with Crippen LogP contribution in [0, 0.1) is 0 Å². The monoisotopic (exact) mass is 291 g/mol. The number of anilines is 1. The summed E-state index contributed by atoms with van der Waals surface area (Å²) in [7, 11) is 1.25. The Bertz CT molecular complexity index is 651. The molecule has 2 rings (SSSR count). The van der Waals surface area contributed by atoms with E-state index < -0.39 is 6.09 Å². The quantitative estimate of drug-likeness (QED) is 0.854. The van der Waals surface area contributed by atoms with E-state index in [0.717, 1.165) is 0 Å². The van der Waals surface area contributed by atoms with Crippen LogP contribution >= 0.6 is 0 Å². The van der Waals surface area contributed by atoms with Crippen molar-refractivity contribution >= 4 is 29.0 Å². The minimum absolute atomic E-state index is 0.143. The van der Waals surface area contributed by atoms with Crippen molar-refractivity contribution in [1.29, 1.82) is 0 Å². The molecule has 0 aliphatic rings. The number of aromatic nitrogens is 2. The van der Waals surface area contributed by atoms with Crippen molar-refractivity contribution in [2.45, 2.75) is 13.3 Å². The number of hydrogen-bond donors (Lipinski definition) is 1. The smallest absolute Gasteiger partial charge is 0.413 e. The Balaban J connectivity index is 2.35. The Labute approximate surface area is 121 Å². The largest absolute Gasteiger partial charge is 0.453 e. The van der Waals surface area contributed by atoms with Crippen molar-refractivity contribution in [2.75, 3.05) is 25.6 Å². The molecule has 0 aliphatic carbocycles. The Hall–Kier alpha value is -2.41. The Morgan fingerprint density at radius 2 is 2.10 bits per heavy atom. The molecule has 0 fully saturated rings. The van der Waals surface area contributed by atoms with Gasteiger partial charge in [0.1, 0.15) is 0 Å². The van der Waals surface area contributed by atoms with E-state index in [-0.39, 0.29) is 18.3 Å². The highest BCUT2D eigenvalue weighted by molar-refractivity contribution is 5.96. The summed E-state index contributed by atoms with van der Waals surface area (Å²) in [6.45, 7) is 2.73. The van der Waals surface area contributed by atoms with E-state index in [0.29, 0.717) is 24.2 Å². The molecule has 1 aromatic heterocycles. The molecule has 0 saturated heterocycles. The summed E-state index contributed by atoms with van der Waals surface area (Å²) in [5.41, 5.74) is 1.25. The second kappa shape index (κ2) is 6.85. The van der Waals surface area contributed by atoms with Crippen LogP contribution in [0.5, 0.6) is 0 Å². The third-order valence-electron chi connectivity index (χ3n) is 2.87. The van der Waals surface area contributed by atoms with Gasteiger partial charge in [-0.25, -0.2) is 14.3 Å². The van der Waals surface area contributed by atoms with E-state index in [1.807, 2.05) is 13.0 Å². The van der Waals surface area contributed by atoms with Gasteiger partial charge in [0.2, 0.25) is 11.9 Å². The van der Waals surface area contributed by atoms with E-state index in [1.54, 1.807) is 18.2 Å². The third-order valence-corrected chi connectivity index (χ3v) is 2.87. The minimum atomic E-state index is -0.677. The molecule has 0 aliphatic heterocycles. The predicted octanol–water partition coefficient (Wildman–Crippen LogP) is 2.28. The van der Waals surface area contributed by atoms with Gasteiger partial charge in [-0.2, -0.15) is 0 Å². The summed E-state index contributed by atoms with van der Waals surface area (Å²) in [6.07, 6.45) is -0.478. The third kappa shape index (κ3) is 3.38. The molecular weight excluding hydrogens is 274 g/mol. The molecule has 2 aromatic rings. The average molecular weight is 291 g/mol. The fourth-order valence-corrected chi connectivity index (χ4v) is 1.92. The van der Waals surface area contributed by atoms with Crippen LogP contribution in [-0.2, 0) is 9.47 Å². The summed E-state index contributed by atoms with van der Waals surface area (Å²) in [4.78, 5) is 27.9. The second-order valence-corrected chi connectivity index (χ2v) is 4.22. The molecule has 1 aromatic carbocycles. The number of rotatable bonds is 5. The zero-order valence-corrected chi connectivity index (χ0v) is 12.0. The minimum Gasteiger partial charge on any atom is -0.453 e. The number of carbonyl (C=O) groups is 2. The molecule has 0 saturated carbocycles. The first kappa shape index (κ1) is 15.0. The number of para-hydroxylation sites is 2. The summed E-state index contributed by atoms with van der Waals surface area (Å²) < 4.78 is 11.1. The first-order valence-corrected chi connectivity index (χ1v) is 6.60. The van der Waals surface area contributed by atoms with Gasteiger partial charge in [-0.3, -0.25) is 10.1 Å². The average Bonchev–Trinajstić information content (AvgIpc) is 2.85. The van der Waals surface area contributed by atoms with E-state index in [9.17, 15) is 9.59 Å². The van der Waals surface area contributed by atoms with Gasteiger partial charge in [-0.15, -0.1) is 0 Å². The lowest BCUT2D eigenvalue weighted by atomic mass is 10.3. The van der Waals surface area contributed by atoms with Gasteiger partial charge in [-0.1, -0.05) is 12.1 Å². The topological polar surface area (TPSA) is 82.5 Å². The van der Waals surface area contributed by atoms with Crippen molar-refractivity contribution < 1.29 is 19.1 Å². The first-order valence-electron chi connectivity index (χ1n) is 6.60. The molecule has 0 unspecified atom stereocenters. The number of fused-ring (bicyclic) bond motifs is 1. The lowest BCUT2D eigenvalue weighted by Gasteiger charge is -2.08. The van der Waals surface area contributed by atoms with Crippen molar-refractivity contribution in [3.8, 4) is 0 Å². The zero-order valence-electron chi connectivity index (χ0n) is 12.0. The zero-order chi connectivity index (χ0) is 15.2. The fraction of sp³-hybridized carbons (Fsp3) is 0.357. The van der Waals surface area contributed by atoms with Crippen LogP contribution in [0.4, 0.5) is 10.7 Å². The molecule has 1 heterocycles. The maximum Gasteiger partial charge on any atom is 0.413 e. The molecule has 0 radical (unpaired) electrons. The number of nitrogens with zero attached hydrogens (tertiary/aromatic N) is 2. The number of hydrogen-bond acceptors (Lipinski definition) is 5. The standard InChI is InChI=1S/C14H17N3O4/c1-3-21-9-8-12(18)17-11-7-5-4-6-10(11)15-13(17)16-14(19)20-2/h4-7H,3,8-9H2,1-2H3,(H,15,16,19). The highest BCUT2D eigenvalue weighted by Gasteiger charge is 2.18. The number of carbonyl (C=O) groups excluding carboxylic acids is 2. The van der Waals surface area contributed by atoms with Crippen molar-refractivity contribution in [3.63, 3.8) is 0 Å². The molecule has 7 heteroatoms. The number of benzene rings is 1. The highest BCUT2D eigenvalue weighted by atomic mass is 16.5. The van der Waals surface area contributed by atoms with Gasteiger partial charge in [0, 0.05) is 6.61 Å². The van der Waals surface area contributed by atoms with Gasteiger partial charge in [0.15, 0.2) is 0 Å². The molecule has 1 N–H and O–H groups in total. The van der Waals surface area contributed by atoms with E-state index >= 15 is 0 Å². The van der Waals surface area contributed by atoms with Crippen LogP contribution in [0.2, 0.25) is 0 Å². The van der Waals surface area contributed by atoms with Crippen molar-refractivity contribution in [2.24, 2.45) is 0 Å². The first-order chi connectivity index (χ1) is 10.2. The SMILES string of the molecule is CCOCCC(=O)n1c(NC(=O)OC)nc2ccccc21. The Morgan fingerprint density at radius 3 is 2.81 bits per heavy atom. The number of amides is 1. The fourth-order valence-electron chi connectivity index (χ4n) is 1.92. The van der Waals surface area contributed by atoms with Crippen LogP contribution in [0.1, 0.15) is 18.1 Å². The van der Waals surface area contributed by atoms with E-state index in [4.69, 9.17) is 4.74 Å². The summed E-state index contributed by atoms with van der Waals surface area (Å²) in [5.74, 6) is -0.0619. The Morgan fingerprint density at radius 1 is 1.33 bits per heavy atom. The van der Waals surface area contributed by atoms with Crippen molar-refractivity contribution in [1.82, 2.24) is 9.55 Å². The molecule has 0 spiro atoms. The molecule has 0 atom stereocenters. The number of nitrogens with one attached hydrogen (secondary N) is 1. The Kier molecular flexibility index (Phi) is 4.89. The van der Waals surface area contributed by atoms with Gasteiger partial charge in [0.25, 0.3) is 0 Å². The molecule has 7 nitrogen and oxygen atoms in total. The van der Waals surface area contributed by atoms with Crippen LogP contribution in [0.3, 0.4) is 0 Å². The molecule has 112 valence electrons. The molecular formula is C14H17N3O4. The lowest BCUT2D eigenvalue weighted by Crippen LogP contribution is -2.20. The van der Waals surface area contributed by atoms with Gasteiger partial charge >= 0.3 is 6.09 Å². The van der Waals surface area contributed by atoms with E-state index in [1.165, 1.54) is 11.7 Å². The lowest BCUT2D eigenvalue weighted by molar-refractivity contribution is 0.0825. The molecule has 0 bridgehead atoms. The van der Waals surface area contributed by atoms with Crippen LogP contribution in [0.25, 0.3) is 11.0 Å². The van der Waals surface area contributed by atoms with Crippen LogP contribution in [-0.4, -0.2) is 41.9 Å². The second-order valence-electron chi connectivity index (χ2n) is 4.22.